The maximum atomic E-state index is 9.10. The summed E-state index contributed by atoms with van der Waals surface area (Å²) in [6.45, 7) is 3.97. The van der Waals surface area contributed by atoms with Gasteiger partial charge in [-0.05, 0) is 26.0 Å². The van der Waals surface area contributed by atoms with E-state index in [2.05, 4.69) is 58.9 Å². The first kappa shape index (κ1) is 15.4. The lowest BCUT2D eigenvalue weighted by molar-refractivity contribution is 0.898. The Morgan fingerprint density at radius 2 is 1.78 bits per heavy atom. The fourth-order valence-electron chi connectivity index (χ4n) is 2.36. The summed E-state index contributed by atoms with van der Waals surface area (Å²) >= 11 is 1.47. The van der Waals surface area contributed by atoms with Gasteiger partial charge in [0.1, 0.15) is 0 Å². The Bertz CT molecular complexity index is 829. The van der Waals surface area contributed by atoms with Crippen LogP contribution < -0.4 is 0 Å². The first-order chi connectivity index (χ1) is 11.2. The van der Waals surface area contributed by atoms with E-state index in [-0.39, 0.29) is 5.25 Å². The highest BCUT2D eigenvalue weighted by Crippen LogP contribution is 2.31. The van der Waals surface area contributed by atoms with Gasteiger partial charge >= 0.3 is 0 Å². The van der Waals surface area contributed by atoms with E-state index in [0.717, 1.165) is 22.1 Å². The highest BCUT2D eigenvalue weighted by molar-refractivity contribution is 8.00. The highest BCUT2D eigenvalue weighted by Gasteiger charge is 2.16. The number of hydrogen-bond donors (Lipinski definition) is 0. The molecule has 0 saturated heterocycles. The maximum Gasteiger partial charge on any atom is 0.174 e. The van der Waals surface area contributed by atoms with Crippen molar-refractivity contribution in [1.82, 2.24) is 9.55 Å². The molecule has 0 aliphatic carbocycles. The third kappa shape index (κ3) is 3.30. The number of thioether (sulfide) groups is 1. The molecule has 1 aromatic heterocycles. The molecule has 114 valence electrons. The SMILES string of the molecule is Cc1ccc(-c2cnc(SC(C)C#N)n2-c2ccccc2)cc1. The standard InChI is InChI=1S/C19H17N3S/c1-14-8-10-16(11-9-14)18-13-21-19(23-15(2)12-20)22(18)17-6-4-3-5-7-17/h3-11,13,15H,1-2H3. The molecule has 23 heavy (non-hydrogen) atoms. The van der Waals surface area contributed by atoms with Crippen LogP contribution in [0, 0.1) is 18.3 Å². The van der Waals surface area contributed by atoms with Crippen molar-refractivity contribution < 1.29 is 0 Å². The number of aryl methyl sites for hydroxylation is 1. The molecule has 0 saturated carbocycles. The third-order valence-electron chi connectivity index (χ3n) is 3.56. The number of benzene rings is 2. The second-order valence-electron chi connectivity index (χ2n) is 5.35. The Labute approximate surface area is 140 Å². The minimum atomic E-state index is -0.147. The minimum absolute atomic E-state index is 0.147. The van der Waals surface area contributed by atoms with Gasteiger partial charge < -0.3 is 0 Å². The lowest BCUT2D eigenvalue weighted by atomic mass is 10.1. The quantitative estimate of drug-likeness (QED) is 0.645. The molecule has 1 atom stereocenters. The van der Waals surface area contributed by atoms with Crippen LogP contribution in [0.1, 0.15) is 12.5 Å². The summed E-state index contributed by atoms with van der Waals surface area (Å²) in [4.78, 5) is 4.55. The van der Waals surface area contributed by atoms with Gasteiger partial charge in [-0.2, -0.15) is 5.26 Å². The largest absolute Gasteiger partial charge is 0.287 e. The Kier molecular flexibility index (Phi) is 4.50. The number of para-hydroxylation sites is 1. The van der Waals surface area contributed by atoms with Crippen molar-refractivity contribution in [2.75, 3.05) is 0 Å². The zero-order valence-corrected chi connectivity index (χ0v) is 13.9. The zero-order chi connectivity index (χ0) is 16.2. The van der Waals surface area contributed by atoms with Crippen LogP contribution in [-0.2, 0) is 0 Å². The third-order valence-corrected chi connectivity index (χ3v) is 4.51. The molecule has 1 heterocycles. The monoisotopic (exact) mass is 319 g/mol. The number of rotatable bonds is 4. The fraction of sp³-hybridized carbons (Fsp3) is 0.158. The lowest BCUT2D eigenvalue weighted by Gasteiger charge is -2.12. The van der Waals surface area contributed by atoms with Crippen molar-refractivity contribution >= 4 is 11.8 Å². The highest BCUT2D eigenvalue weighted by atomic mass is 32.2. The average molecular weight is 319 g/mol. The van der Waals surface area contributed by atoms with Gasteiger partial charge in [-0.3, -0.25) is 4.57 Å². The smallest absolute Gasteiger partial charge is 0.174 e. The molecule has 4 heteroatoms. The molecular formula is C19H17N3S. The van der Waals surface area contributed by atoms with Crippen molar-refractivity contribution in [3.63, 3.8) is 0 Å². The molecule has 0 bridgehead atoms. The van der Waals surface area contributed by atoms with Crippen LogP contribution in [-0.4, -0.2) is 14.8 Å². The average Bonchev–Trinajstić information content (AvgIpc) is 2.99. The van der Waals surface area contributed by atoms with E-state index in [1.807, 2.05) is 31.3 Å². The number of hydrogen-bond acceptors (Lipinski definition) is 3. The van der Waals surface area contributed by atoms with Crippen molar-refractivity contribution in [2.24, 2.45) is 0 Å². The molecule has 0 N–H and O–H groups in total. The van der Waals surface area contributed by atoms with Crippen LogP contribution in [0.5, 0.6) is 0 Å². The topological polar surface area (TPSA) is 41.6 Å². The van der Waals surface area contributed by atoms with E-state index < -0.39 is 0 Å². The number of nitrogens with zero attached hydrogens (tertiary/aromatic N) is 3. The van der Waals surface area contributed by atoms with Gasteiger partial charge in [0, 0.05) is 11.3 Å². The summed E-state index contributed by atoms with van der Waals surface area (Å²) in [6, 6.07) is 20.8. The van der Waals surface area contributed by atoms with Crippen molar-refractivity contribution in [2.45, 2.75) is 24.3 Å². The molecule has 1 unspecified atom stereocenters. The Morgan fingerprint density at radius 3 is 2.43 bits per heavy atom. The van der Waals surface area contributed by atoms with Gasteiger partial charge in [-0.1, -0.05) is 59.8 Å². The first-order valence-corrected chi connectivity index (χ1v) is 8.33. The fourth-order valence-corrected chi connectivity index (χ4v) is 3.15. The molecule has 3 rings (SSSR count). The van der Waals surface area contributed by atoms with Crippen LogP contribution >= 0.6 is 11.8 Å². The van der Waals surface area contributed by atoms with Crippen molar-refractivity contribution in [3.8, 4) is 23.0 Å². The Morgan fingerprint density at radius 1 is 1.09 bits per heavy atom. The van der Waals surface area contributed by atoms with Gasteiger partial charge in [0.2, 0.25) is 0 Å². The van der Waals surface area contributed by atoms with E-state index in [4.69, 9.17) is 5.26 Å². The molecule has 0 aliphatic heterocycles. The van der Waals surface area contributed by atoms with Crippen LogP contribution in [0.2, 0.25) is 0 Å². The van der Waals surface area contributed by atoms with Crippen molar-refractivity contribution in [1.29, 1.82) is 5.26 Å². The predicted octanol–water partition coefficient (Wildman–Crippen LogP) is 4.85. The van der Waals surface area contributed by atoms with Crippen LogP contribution in [0.3, 0.4) is 0 Å². The molecular weight excluding hydrogens is 302 g/mol. The second-order valence-corrected chi connectivity index (χ2v) is 6.66. The Hall–Kier alpha value is -2.51. The summed E-state index contributed by atoms with van der Waals surface area (Å²) in [5.41, 5.74) is 4.42. The molecule has 0 amide bonds. The minimum Gasteiger partial charge on any atom is -0.287 e. The molecule has 0 fully saturated rings. The molecule has 3 aromatic rings. The van der Waals surface area contributed by atoms with Gasteiger partial charge in [-0.25, -0.2) is 4.98 Å². The van der Waals surface area contributed by atoms with Crippen LogP contribution in [0.15, 0.2) is 66.0 Å². The molecule has 2 aromatic carbocycles. The summed E-state index contributed by atoms with van der Waals surface area (Å²) in [7, 11) is 0. The van der Waals surface area contributed by atoms with Crippen LogP contribution in [0.4, 0.5) is 0 Å². The molecule has 0 spiro atoms. The van der Waals surface area contributed by atoms with Gasteiger partial charge in [0.15, 0.2) is 5.16 Å². The first-order valence-electron chi connectivity index (χ1n) is 7.45. The number of aromatic nitrogens is 2. The summed E-state index contributed by atoms with van der Waals surface area (Å²) < 4.78 is 2.11. The predicted molar refractivity (Wildman–Crippen MR) is 94.7 cm³/mol. The maximum absolute atomic E-state index is 9.10. The summed E-state index contributed by atoms with van der Waals surface area (Å²) in [6.07, 6.45) is 1.88. The normalized spacial score (nSPS) is 11.9. The van der Waals surface area contributed by atoms with E-state index in [0.29, 0.717) is 0 Å². The van der Waals surface area contributed by atoms with Gasteiger partial charge in [-0.15, -0.1) is 0 Å². The zero-order valence-electron chi connectivity index (χ0n) is 13.1. The number of imidazole rings is 1. The van der Waals surface area contributed by atoms with E-state index >= 15 is 0 Å². The van der Waals surface area contributed by atoms with E-state index in [9.17, 15) is 0 Å². The lowest BCUT2D eigenvalue weighted by Crippen LogP contribution is -2.01. The van der Waals surface area contributed by atoms with E-state index in [1.165, 1.54) is 17.3 Å². The summed E-state index contributed by atoms with van der Waals surface area (Å²) in [5.74, 6) is 0. The second kappa shape index (κ2) is 6.72. The molecule has 0 radical (unpaired) electrons. The molecule has 3 nitrogen and oxygen atoms in total. The summed E-state index contributed by atoms with van der Waals surface area (Å²) in [5, 5.41) is 9.79. The van der Waals surface area contributed by atoms with Crippen LogP contribution in [0.25, 0.3) is 16.9 Å². The van der Waals surface area contributed by atoms with Crippen molar-refractivity contribution in [3.05, 3.63) is 66.4 Å². The molecule has 0 aliphatic rings. The van der Waals surface area contributed by atoms with Gasteiger partial charge in [0.05, 0.1) is 23.2 Å². The Balaban J connectivity index is 2.13. The number of nitriles is 1. The van der Waals surface area contributed by atoms with E-state index in [1.54, 1.807) is 0 Å². The van der Waals surface area contributed by atoms with Gasteiger partial charge in [0.25, 0.3) is 0 Å².